The molecule has 1 aromatic heterocycles. The zero-order valence-electron chi connectivity index (χ0n) is 18.6. The summed E-state index contributed by atoms with van der Waals surface area (Å²) in [4.78, 5) is 20.5. The SMILES string of the molecule is Cc1ccc(-c2nc3n(n2)C2(CCCCC2)[C@@H]2CCCC[C@@H]2N3C(=O)C(C)C)cc1. The fourth-order valence-corrected chi connectivity index (χ4v) is 6.22. The molecule has 2 saturated carbocycles. The Balaban J connectivity index is 1.70. The molecule has 3 aliphatic rings. The van der Waals surface area contributed by atoms with Gasteiger partial charge in [0.15, 0.2) is 5.82 Å². The highest BCUT2D eigenvalue weighted by Crippen LogP contribution is 2.53. The minimum atomic E-state index is -0.0408. The number of hydrogen-bond donors (Lipinski definition) is 0. The Kier molecular flexibility index (Phi) is 4.95. The van der Waals surface area contributed by atoms with Crippen molar-refractivity contribution in [3.63, 3.8) is 0 Å². The Morgan fingerprint density at radius 3 is 2.43 bits per heavy atom. The Bertz CT molecular complexity index is 923. The Morgan fingerprint density at radius 1 is 1.03 bits per heavy atom. The van der Waals surface area contributed by atoms with Gasteiger partial charge < -0.3 is 0 Å². The number of rotatable bonds is 2. The first kappa shape index (κ1) is 19.8. The Labute approximate surface area is 179 Å². The monoisotopic (exact) mass is 406 g/mol. The fraction of sp³-hybridized carbons (Fsp3) is 0.640. The van der Waals surface area contributed by atoms with Crippen LogP contribution >= 0.6 is 0 Å². The van der Waals surface area contributed by atoms with E-state index in [-0.39, 0.29) is 23.4 Å². The first-order valence-corrected chi connectivity index (χ1v) is 11.9. The van der Waals surface area contributed by atoms with E-state index in [1.54, 1.807) is 0 Å². The molecule has 1 spiro atoms. The third-order valence-corrected chi connectivity index (χ3v) is 7.74. The molecule has 0 saturated heterocycles. The minimum absolute atomic E-state index is 0.0301. The number of aromatic nitrogens is 3. The molecule has 2 aliphatic carbocycles. The number of nitrogens with zero attached hydrogens (tertiary/aromatic N) is 4. The average Bonchev–Trinajstić information content (AvgIpc) is 3.21. The van der Waals surface area contributed by atoms with Crippen molar-refractivity contribution in [2.24, 2.45) is 11.8 Å². The standard InChI is InChI=1S/C25H34N4O/c1-17(2)23(30)28-21-10-6-5-9-20(21)25(15-7-4-8-16-25)29-24(28)26-22(27-29)19-13-11-18(3)12-14-19/h11-14,17,20-21H,4-10,15-16H2,1-3H3/t20-,21+/m1/s1. The highest BCUT2D eigenvalue weighted by Gasteiger charge is 2.55. The van der Waals surface area contributed by atoms with Crippen LogP contribution in [0.4, 0.5) is 5.95 Å². The molecule has 0 unspecified atom stereocenters. The number of benzene rings is 1. The van der Waals surface area contributed by atoms with Crippen molar-refractivity contribution in [3.8, 4) is 11.4 Å². The van der Waals surface area contributed by atoms with Crippen LogP contribution in [0.1, 0.15) is 77.2 Å². The predicted octanol–water partition coefficient (Wildman–Crippen LogP) is 5.47. The molecule has 5 heteroatoms. The molecule has 1 amide bonds. The summed E-state index contributed by atoms with van der Waals surface area (Å²) in [6, 6.07) is 8.71. The van der Waals surface area contributed by atoms with Gasteiger partial charge in [0.1, 0.15) is 0 Å². The Morgan fingerprint density at radius 2 is 1.73 bits per heavy atom. The smallest absolute Gasteiger partial charge is 0.232 e. The number of carbonyl (C=O) groups excluding carboxylic acids is 1. The van der Waals surface area contributed by atoms with E-state index < -0.39 is 0 Å². The minimum Gasteiger partial charge on any atom is -0.277 e. The van der Waals surface area contributed by atoms with Gasteiger partial charge >= 0.3 is 0 Å². The predicted molar refractivity (Wildman–Crippen MR) is 119 cm³/mol. The van der Waals surface area contributed by atoms with Crippen LogP contribution in [-0.2, 0) is 10.3 Å². The van der Waals surface area contributed by atoms with E-state index in [4.69, 9.17) is 10.1 Å². The molecule has 2 fully saturated rings. The number of fused-ring (bicyclic) bond motifs is 4. The highest BCUT2D eigenvalue weighted by atomic mass is 16.2. The molecule has 0 N–H and O–H groups in total. The zero-order chi connectivity index (χ0) is 20.9. The van der Waals surface area contributed by atoms with Crippen molar-refractivity contribution in [3.05, 3.63) is 29.8 Å². The number of amides is 1. The van der Waals surface area contributed by atoms with E-state index in [1.165, 1.54) is 56.9 Å². The van der Waals surface area contributed by atoms with Gasteiger partial charge in [-0.3, -0.25) is 9.69 Å². The molecular weight excluding hydrogens is 372 g/mol. The third kappa shape index (κ3) is 3.00. The van der Waals surface area contributed by atoms with E-state index in [9.17, 15) is 4.79 Å². The number of hydrogen-bond acceptors (Lipinski definition) is 3. The molecule has 1 aliphatic heterocycles. The van der Waals surface area contributed by atoms with Crippen LogP contribution in [0.3, 0.4) is 0 Å². The van der Waals surface area contributed by atoms with E-state index >= 15 is 0 Å². The summed E-state index contributed by atoms with van der Waals surface area (Å²) in [5.41, 5.74) is 2.30. The quantitative estimate of drug-likeness (QED) is 0.664. The maximum Gasteiger partial charge on any atom is 0.232 e. The van der Waals surface area contributed by atoms with Gasteiger partial charge in [0.05, 0.1) is 5.54 Å². The lowest BCUT2D eigenvalue weighted by Crippen LogP contribution is -2.62. The van der Waals surface area contributed by atoms with Crippen LogP contribution in [0.15, 0.2) is 24.3 Å². The molecule has 30 heavy (non-hydrogen) atoms. The maximum atomic E-state index is 13.4. The van der Waals surface area contributed by atoms with Gasteiger partial charge in [0.25, 0.3) is 0 Å². The Hall–Kier alpha value is -2.17. The topological polar surface area (TPSA) is 51.0 Å². The first-order valence-electron chi connectivity index (χ1n) is 11.9. The lowest BCUT2D eigenvalue weighted by atomic mass is 9.64. The molecule has 5 nitrogen and oxygen atoms in total. The van der Waals surface area contributed by atoms with Gasteiger partial charge in [-0.15, -0.1) is 5.10 Å². The summed E-state index contributed by atoms with van der Waals surface area (Å²) >= 11 is 0. The first-order chi connectivity index (χ1) is 14.5. The van der Waals surface area contributed by atoms with E-state index in [0.717, 1.165) is 23.8 Å². The number of aryl methyl sites for hydroxylation is 1. The van der Waals surface area contributed by atoms with Crippen molar-refractivity contribution < 1.29 is 4.79 Å². The van der Waals surface area contributed by atoms with Crippen LogP contribution in [0, 0.1) is 18.8 Å². The van der Waals surface area contributed by atoms with Crippen LogP contribution in [0.25, 0.3) is 11.4 Å². The fourth-order valence-electron chi connectivity index (χ4n) is 6.22. The molecule has 0 bridgehead atoms. The zero-order valence-corrected chi connectivity index (χ0v) is 18.6. The lowest BCUT2D eigenvalue weighted by molar-refractivity contribution is -0.123. The second-order valence-electron chi connectivity index (χ2n) is 10.00. The van der Waals surface area contributed by atoms with Gasteiger partial charge in [-0.25, -0.2) is 4.68 Å². The van der Waals surface area contributed by atoms with E-state index in [2.05, 4.69) is 40.8 Å². The van der Waals surface area contributed by atoms with Gasteiger partial charge in [-0.2, -0.15) is 4.98 Å². The van der Waals surface area contributed by atoms with Crippen LogP contribution in [0.5, 0.6) is 0 Å². The van der Waals surface area contributed by atoms with Crippen molar-refractivity contribution in [1.29, 1.82) is 0 Å². The second kappa shape index (κ2) is 7.51. The summed E-state index contributed by atoms with van der Waals surface area (Å²) < 4.78 is 2.22. The molecule has 5 rings (SSSR count). The summed E-state index contributed by atoms with van der Waals surface area (Å²) in [5, 5.41) is 5.12. The van der Waals surface area contributed by atoms with Gasteiger partial charge in [0.2, 0.25) is 11.9 Å². The van der Waals surface area contributed by atoms with Crippen molar-refractivity contribution in [2.45, 2.75) is 90.1 Å². The van der Waals surface area contributed by atoms with Crippen molar-refractivity contribution >= 4 is 11.9 Å². The molecule has 0 radical (unpaired) electrons. The number of anilines is 1. The summed E-state index contributed by atoms with van der Waals surface area (Å²) in [5.74, 6) is 2.21. The molecule has 160 valence electrons. The average molecular weight is 407 g/mol. The largest absolute Gasteiger partial charge is 0.277 e. The molecule has 1 aromatic carbocycles. The molecular formula is C25H34N4O. The van der Waals surface area contributed by atoms with Gasteiger partial charge in [-0.1, -0.05) is 75.8 Å². The summed E-state index contributed by atoms with van der Waals surface area (Å²) in [6.45, 7) is 6.11. The molecule has 2 atom stereocenters. The summed E-state index contributed by atoms with van der Waals surface area (Å²) in [6.07, 6.45) is 10.9. The van der Waals surface area contributed by atoms with Crippen LogP contribution in [0.2, 0.25) is 0 Å². The number of carbonyl (C=O) groups is 1. The molecule has 2 aromatic rings. The maximum absolute atomic E-state index is 13.4. The second-order valence-corrected chi connectivity index (χ2v) is 10.00. The normalized spacial score (nSPS) is 25.3. The van der Waals surface area contributed by atoms with Crippen LogP contribution < -0.4 is 4.90 Å². The van der Waals surface area contributed by atoms with Gasteiger partial charge in [0, 0.05) is 23.4 Å². The van der Waals surface area contributed by atoms with Crippen LogP contribution in [-0.4, -0.2) is 26.7 Å². The molecule has 2 heterocycles. The van der Waals surface area contributed by atoms with Crippen molar-refractivity contribution in [1.82, 2.24) is 14.8 Å². The highest BCUT2D eigenvalue weighted by molar-refractivity contribution is 5.94. The van der Waals surface area contributed by atoms with E-state index in [1.807, 2.05) is 13.8 Å². The third-order valence-electron chi connectivity index (χ3n) is 7.74. The van der Waals surface area contributed by atoms with Crippen molar-refractivity contribution in [2.75, 3.05) is 4.90 Å². The lowest BCUT2D eigenvalue weighted by Gasteiger charge is -2.55. The van der Waals surface area contributed by atoms with E-state index in [0.29, 0.717) is 5.92 Å². The summed E-state index contributed by atoms with van der Waals surface area (Å²) in [7, 11) is 0. The van der Waals surface area contributed by atoms with Gasteiger partial charge in [-0.05, 0) is 32.6 Å².